The van der Waals surface area contributed by atoms with E-state index in [1.807, 2.05) is 13.0 Å². The van der Waals surface area contributed by atoms with Gasteiger partial charge >= 0.3 is 0 Å². The van der Waals surface area contributed by atoms with Crippen LogP contribution in [0, 0.1) is 30.5 Å². The van der Waals surface area contributed by atoms with Crippen molar-refractivity contribution in [3.8, 4) is 0 Å². The van der Waals surface area contributed by atoms with Crippen LogP contribution in [0.5, 0.6) is 0 Å². The molecule has 18 heavy (non-hydrogen) atoms. The fourth-order valence-electron chi connectivity index (χ4n) is 3.82. The molecule has 0 saturated heterocycles. The summed E-state index contributed by atoms with van der Waals surface area (Å²) in [5, 5.41) is 0. The third-order valence-corrected chi connectivity index (χ3v) is 4.76. The van der Waals surface area contributed by atoms with E-state index in [-0.39, 0.29) is 17.2 Å². The van der Waals surface area contributed by atoms with Crippen molar-refractivity contribution >= 4 is 5.78 Å². The lowest BCUT2D eigenvalue weighted by Gasteiger charge is -2.20. The number of aryl methyl sites for hydroxylation is 1. The second-order valence-corrected chi connectivity index (χ2v) is 6.05. The first-order valence-electron chi connectivity index (χ1n) is 6.93. The van der Waals surface area contributed by atoms with Crippen molar-refractivity contribution < 1.29 is 9.18 Å². The van der Waals surface area contributed by atoms with E-state index in [9.17, 15) is 9.18 Å². The minimum Gasteiger partial charge on any atom is -0.294 e. The smallest absolute Gasteiger partial charge is 0.166 e. The molecular weight excluding hydrogens is 227 g/mol. The number of carbonyl (C=O) groups excluding carboxylic acids is 1. The quantitative estimate of drug-likeness (QED) is 0.732. The topological polar surface area (TPSA) is 17.1 Å². The Morgan fingerprint density at radius 3 is 2.78 bits per heavy atom. The summed E-state index contributed by atoms with van der Waals surface area (Å²) in [6.45, 7) is 1.84. The highest BCUT2D eigenvalue weighted by atomic mass is 19.1. The summed E-state index contributed by atoms with van der Waals surface area (Å²) in [4.78, 5) is 12.2. The molecule has 0 aromatic heterocycles. The molecule has 0 amide bonds. The number of halogens is 1. The van der Waals surface area contributed by atoms with Gasteiger partial charge in [0, 0.05) is 6.42 Å². The van der Waals surface area contributed by atoms with Gasteiger partial charge < -0.3 is 0 Å². The van der Waals surface area contributed by atoms with E-state index < -0.39 is 0 Å². The normalized spacial score (nSPS) is 29.8. The number of fused-ring (bicyclic) bond motifs is 2. The van der Waals surface area contributed by atoms with Crippen LogP contribution in [0.1, 0.15) is 48.0 Å². The van der Waals surface area contributed by atoms with Gasteiger partial charge in [0.2, 0.25) is 0 Å². The number of Topliss-reactive ketones (excluding diaryl/α,β-unsaturated/α-hetero) is 1. The maximum atomic E-state index is 13.7. The number of rotatable bonds is 3. The Kier molecular flexibility index (Phi) is 2.96. The molecule has 0 radical (unpaired) electrons. The van der Waals surface area contributed by atoms with Crippen molar-refractivity contribution in [1.29, 1.82) is 0 Å². The van der Waals surface area contributed by atoms with Crippen LogP contribution >= 0.6 is 0 Å². The van der Waals surface area contributed by atoms with Gasteiger partial charge in [-0.15, -0.1) is 0 Å². The van der Waals surface area contributed by atoms with Gasteiger partial charge in [-0.05, 0) is 61.6 Å². The molecule has 2 fully saturated rings. The predicted octanol–water partition coefficient (Wildman–Crippen LogP) is 4.14. The largest absolute Gasteiger partial charge is 0.294 e. The van der Waals surface area contributed by atoms with E-state index in [1.54, 1.807) is 6.07 Å². The number of hydrogen-bond acceptors (Lipinski definition) is 1. The van der Waals surface area contributed by atoms with E-state index in [0.717, 1.165) is 17.4 Å². The number of hydrogen-bond donors (Lipinski definition) is 0. The van der Waals surface area contributed by atoms with Crippen LogP contribution in [0.15, 0.2) is 18.2 Å². The summed E-state index contributed by atoms with van der Waals surface area (Å²) in [5.41, 5.74) is 1.15. The Hall–Kier alpha value is -1.18. The standard InChI is InChI=1S/C16H19FO/c1-10-2-5-14(15(17)6-10)16(18)9-13-8-11-3-4-12(13)7-11/h2,5-6,11-13H,3-4,7-9H2,1H3. The van der Waals surface area contributed by atoms with Gasteiger partial charge in [-0.25, -0.2) is 4.39 Å². The highest BCUT2D eigenvalue weighted by Gasteiger charge is 2.40. The molecule has 3 unspecified atom stereocenters. The van der Waals surface area contributed by atoms with Crippen molar-refractivity contribution in [2.45, 2.75) is 39.0 Å². The minimum atomic E-state index is -0.358. The van der Waals surface area contributed by atoms with Gasteiger partial charge in [-0.2, -0.15) is 0 Å². The van der Waals surface area contributed by atoms with Crippen LogP contribution in [-0.4, -0.2) is 5.78 Å². The Morgan fingerprint density at radius 2 is 2.17 bits per heavy atom. The van der Waals surface area contributed by atoms with Crippen LogP contribution < -0.4 is 0 Å². The first kappa shape index (κ1) is 11.9. The zero-order valence-corrected chi connectivity index (χ0v) is 10.8. The van der Waals surface area contributed by atoms with Gasteiger partial charge in [-0.3, -0.25) is 4.79 Å². The average Bonchev–Trinajstić information content (AvgIpc) is 2.90. The summed E-state index contributed by atoms with van der Waals surface area (Å²) >= 11 is 0. The van der Waals surface area contributed by atoms with Crippen LogP contribution in [0.3, 0.4) is 0 Å². The zero-order chi connectivity index (χ0) is 12.7. The predicted molar refractivity (Wildman–Crippen MR) is 69.0 cm³/mol. The van der Waals surface area contributed by atoms with Crippen LogP contribution in [-0.2, 0) is 0 Å². The minimum absolute atomic E-state index is 0.00921. The number of ketones is 1. The molecule has 3 rings (SSSR count). The van der Waals surface area contributed by atoms with Crippen LogP contribution in [0.25, 0.3) is 0 Å². The molecule has 1 aromatic rings. The Morgan fingerprint density at radius 1 is 1.33 bits per heavy atom. The van der Waals surface area contributed by atoms with E-state index in [1.165, 1.54) is 31.7 Å². The fraction of sp³-hybridized carbons (Fsp3) is 0.562. The SMILES string of the molecule is Cc1ccc(C(=O)CC2CC3CCC2C3)c(F)c1. The molecule has 0 N–H and O–H groups in total. The van der Waals surface area contributed by atoms with Gasteiger partial charge in [0.05, 0.1) is 5.56 Å². The third kappa shape index (κ3) is 2.09. The van der Waals surface area contributed by atoms with Crippen molar-refractivity contribution in [2.75, 3.05) is 0 Å². The van der Waals surface area contributed by atoms with E-state index in [4.69, 9.17) is 0 Å². The second-order valence-electron chi connectivity index (χ2n) is 6.05. The van der Waals surface area contributed by atoms with Gasteiger partial charge in [0.1, 0.15) is 5.82 Å². The molecule has 1 aromatic carbocycles. The number of benzene rings is 1. The molecular formula is C16H19FO. The molecule has 96 valence electrons. The van der Waals surface area contributed by atoms with Gasteiger partial charge in [0.25, 0.3) is 0 Å². The maximum Gasteiger partial charge on any atom is 0.166 e. The van der Waals surface area contributed by atoms with E-state index >= 15 is 0 Å². The summed E-state index contributed by atoms with van der Waals surface area (Å²) < 4.78 is 13.7. The van der Waals surface area contributed by atoms with Crippen molar-refractivity contribution in [3.05, 3.63) is 35.1 Å². The molecule has 0 spiro atoms. The summed E-state index contributed by atoms with van der Waals surface area (Å²) in [6.07, 6.45) is 5.65. The Balaban J connectivity index is 1.71. The molecule has 0 aliphatic heterocycles. The first-order chi connectivity index (χ1) is 8.63. The first-order valence-corrected chi connectivity index (χ1v) is 6.93. The average molecular weight is 246 g/mol. The summed E-state index contributed by atoms with van der Waals surface area (Å²) in [6, 6.07) is 4.91. The lowest BCUT2D eigenvalue weighted by molar-refractivity contribution is 0.0940. The van der Waals surface area contributed by atoms with Gasteiger partial charge in [-0.1, -0.05) is 12.5 Å². The van der Waals surface area contributed by atoms with E-state index in [0.29, 0.717) is 12.3 Å². The molecule has 1 nitrogen and oxygen atoms in total. The summed E-state index contributed by atoms with van der Waals surface area (Å²) in [7, 11) is 0. The Labute approximate surface area is 107 Å². The monoisotopic (exact) mass is 246 g/mol. The molecule has 2 bridgehead atoms. The summed E-state index contributed by atoms with van der Waals surface area (Å²) in [5.74, 6) is 1.72. The maximum absolute atomic E-state index is 13.7. The molecule has 2 aliphatic carbocycles. The molecule has 2 saturated carbocycles. The second kappa shape index (κ2) is 4.49. The van der Waals surface area contributed by atoms with Crippen LogP contribution in [0.2, 0.25) is 0 Å². The molecule has 3 atom stereocenters. The zero-order valence-electron chi connectivity index (χ0n) is 10.8. The lowest BCUT2D eigenvalue weighted by atomic mass is 9.84. The van der Waals surface area contributed by atoms with Gasteiger partial charge in [0.15, 0.2) is 5.78 Å². The van der Waals surface area contributed by atoms with Crippen molar-refractivity contribution in [2.24, 2.45) is 17.8 Å². The lowest BCUT2D eigenvalue weighted by Crippen LogP contribution is -2.16. The van der Waals surface area contributed by atoms with Crippen LogP contribution in [0.4, 0.5) is 4.39 Å². The van der Waals surface area contributed by atoms with Crippen molar-refractivity contribution in [1.82, 2.24) is 0 Å². The molecule has 2 heteroatoms. The highest BCUT2D eigenvalue weighted by Crippen LogP contribution is 2.49. The fourth-order valence-corrected chi connectivity index (χ4v) is 3.82. The highest BCUT2D eigenvalue weighted by molar-refractivity contribution is 5.96. The number of carbonyl (C=O) groups is 1. The molecule has 0 heterocycles. The third-order valence-electron chi connectivity index (χ3n) is 4.76. The molecule has 2 aliphatic rings. The van der Waals surface area contributed by atoms with E-state index in [2.05, 4.69) is 0 Å². The Bertz CT molecular complexity index is 480. The van der Waals surface area contributed by atoms with Crippen molar-refractivity contribution in [3.63, 3.8) is 0 Å².